The van der Waals surface area contributed by atoms with E-state index in [9.17, 15) is 13.2 Å². The average Bonchev–Trinajstić information content (AvgIpc) is 2.64. The van der Waals surface area contributed by atoms with E-state index in [1.54, 1.807) is 13.8 Å². The highest BCUT2D eigenvalue weighted by Gasteiger charge is 2.25. The Labute approximate surface area is 169 Å². The molecule has 1 amide bonds. The van der Waals surface area contributed by atoms with Crippen molar-refractivity contribution in [3.05, 3.63) is 23.8 Å². The minimum atomic E-state index is -3.66. The van der Waals surface area contributed by atoms with Crippen LogP contribution < -0.4 is 15.8 Å². The molecule has 0 aromatic heterocycles. The summed E-state index contributed by atoms with van der Waals surface area (Å²) < 4.78 is 32.0. The average molecular weight is 422 g/mol. The number of benzene rings is 1. The third-order valence-corrected chi connectivity index (χ3v) is 6.33. The number of carbonyl (C=O) groups is 1. The third-order valence-electron chi connectivity index (χ3n) is 4.28. The Morgan fingerprint density at radius 1 is 1.26 bits per heavy atom. The van der Waals surface area contributed by atoms with Gasteiger partial charge in [0.15, 0.2) is 0 Å². The number of hydrogen-bond donors (Lipinski definition) is 2. The molecule has 9 heteroatoms. The minimum absolute atomic E-state index is 0. The molecule has 0 saturated carbocycles. The highest BCUT2D eigenvalue weighted by molar-refractivity contribution is 7.89. The summed E-state index contributed by atoms with van der Waals surface area (Å²) in [5, 5.41) is 2.88. The first kappa shape index (κ1) is 25.6. The fourth-order valence-electron chi connectivity index (χ4n) is 2.70. The summed E-state index contributed by atoms with van der Waals surface area (Å²) in [5.74, 6) is -0.0581. The summed E-state index contributed by atoms with van der Waals surface area (Å²) in [7, 11) is -2.21. The van der Waals surface area contributed by atoms with Crippen LogP contribution >= 0.6 is 12.4 Å². The smallest absolute Gasteiger partial charge is 0.255 e. The Bertz CT molecular complexity index is 694. The molecule has 1 aromatic rings. The Morgan fingerprint density at radius 3 is 2.37 bits per heavy atom. The number of nitrogens with two attached hydrogens (primary N) is 1. The van der Waals surface area contributed by atoms with Gasteiger partial charge in [0.25, 0.3) is 5.91 Å². The molecule has 0 heterocycles. The van der Waals surface area contributed by atoms with Crippen LogP contribution in [0.2, 0.25) is 0 Å². The highest BCUT2D eigenvalue weighted by atomic mass is 35.5. The summed E-state index contributed by atoms with van der Waals surface area (Å²) in [5.41, 5.74) is 5.93. The Balaban J connectivity index is 0.00000676. The topological polar surface area (TPSA) is 102 Å². The van der Waals surface area contributed by atoms with E-state index < -0.39 is 10.0 Å². The van der Waals surface area contributed by atoms with Crippen molar-refractivity contribution in [1.82, 2.24) is 9.62 Å². The van der Waals surface area contributed by atoms with Crippen LogP contribution in [0.5, 0.6) is 5.75 Å². The van der Waals surface area contributed by atoms with E-state index in [0.29, 0.717) is 25.4 Å². The van der Waals surface area contributed by atoms with E-state index >= 15 is 0 Å². The second-order valence-electron chi connectivity index (χ2n) is 6.00. The van der Waals surface area contributed by atoms with Gasteiger partial charge in [-0.2, -0.15) is 4.31 Å². The van der Waals surface area contributed by atoms with Gasteiger partial charge in [-0.05, 0) is 24.6 Å². The van der Waals surface area contributed by atoms with Crippen molar-refractivity contribution in [3.8, 4) is 5.75 Å². The van der Waals surface area contributed by atoms with Gasteiger partial charge in [0.2, 0.25) is 10.0 Å². The lowest BCUT2D eigenvalue weighted by molar-refractivity contribution is 0.0932. The molecule has 156 valence electrons. The van der Waals surface area contributed by atoms with Gasteiger partial charge < -0.3 is 15.8 Å². The summed E-state index contributed by atoms with van der Waals surface area (Å²) >= 11 is 0. The largest absolute Gasteiger partial charge is 0.496 e. The number of halogens is 1. The van der Waals surface area contributed by atoms with Crippen LogP contribution in [0.1, 0.15) is 50.4 Å². The number of nitrogens with one attached hydrogen (secondary N) is 1. The van der Waals surface area contributed by atoms with E-state index in [2.05, 4.69) is 12.2 Å². The van der Waals surface area contributed by atoms with E-state index in [1.165, 1.54) is 29.6 Å². The van der Waals surface area contributed by atoms with Crippen LogP contribution in [-0.2, 0) is 10.0 Å². The maximum atomic E-state index is 12.7. The summed E-state index contributed by atoms with van der Waals surface area (Å²) in [6, 6.07) is 4.18. The van der Waals surface area contributed by atoms with Crippen molar-refractivity contribution in [1.29, 1.82) is 0 Å². The maximum Gasteiger partial charge on any atom is 0.255 e. The Kier molecular flexibility index (Phi) is 11.6. The molecular weight excluding hydrogens is 390 g/mol. The quantitative estimate of drug-likeness (QED) is 0.571. The van der Waals surface area contributed by atoms with Crippen LogP contribution in [0.25, 0.3) is 0 Å². The molecule has 27 heavy (non-hydrogen) atoms. The number of carbonyl (C=O) groups excluding carboxylic acids is 1. The molecular formula is C18H32ClN3O4S. The van der Waals surface area contributed by atoms with Crippen molar-refractivity contribution in [2.75, 3.05) is 26.7 Å². The lowest BCUT2D eigenvalue weighted by atomic mass is 10.1. The molecule has 3 N–H and O–H groups in total. The number of hydrogen-bond acceptors (Lipinski definition) is 5. The second kappa shape index (κ2) is 12.2. The first-order valence-electron chi connectivity index (χ1n) is 9.04. The molecule has 0 fully saturated rings. The van der Waals surface area contributed by atoms with Gasteiger partial charge in [-0.3, -0.25) is 4.79 Å². The standard InChI is InChI=1S/C18H31N3O4S.ClH/c1-5-8-9-14(13-19)20-18(22)16-12-15(10-11-17(16)25-4)26(23,24)21(6-2)7-3;/h10-12,14H,5-9,13,19H2,1-4H3,(H,20,22);1H. The Morgan fingerprint density at radius 2 is 1.89 bits per heavy atom. The lowest BCUT2D eigenvalue weighted by Crippen LogP contribution is -2.40. The third kappa shape index (κ3) is 6.64. The second-order valence-corrected chi connectivity index (χ2v) is 7.94. The normalized spacial score (nSPS) is 12.4. The molecule has 0 bridgehead atoms. The van der Waals surface area contributed by atoms with E-state index in [1.807, 2.05) is 0 Å². The molecule has 0 spiro atoms. The SMILES string of the molecule is CCCCC(CN)NC(=O)c1cc(S(=O)(=O)N(CC)CC)ccc1OC.Cl. The fraction of sp³-hybridized carbons (Fsp3) is 0.611. The predicted molar refractivity (Wildman–Crippen MR) is 110 cm³/mol. The number of nitrogens with zero attached hydrogens (tertiary/aromatic N) is 1. The van der Waals surface area contributed by atoms with Crippen LogP contribution in [0.15, 0.2) is 23.1 Å². The number of rotatable bonds is 11. The number of ether oxygens (including phenoxy) is 1. The zero-order chi connectivity index (χ0) is 19.7. The maximum absolute atomic E-state index is 12.7. The zero-order valence-corrected chi connectivity index (χ0v) is 18.2. The first-order chi connectivity index (χ1) is 12.3. The number of amides is 1. The van der Waals surface area contributed by atoms with Gasteiger partial charge in [0.1, 0.15) is 5.75 Å². The first-order valence-corrected chi connectivity index (χ1v) is 10.5. The molecule has 1 unspecified atom stereocenters. The molecule has 0 aliphatic carbocycles. The van der Waals surface area contributed by atoms with Gasteiger partial charge in [0.05, 0.1) is 17.6 Å². The Hall–Kier alpha value is -1.35. The van der Waals surface area contributed by atoms with Crippen LogP contribution in [0.3, 0.4) is 0 Å². The van der Waals surface area contributed by atoms with Gasteiger partial charge in [-0.1, -0.05) is 33.6 Å². The monoisotopic (exact) mass is 421 g/mol. The van der Waals surface area contributed by atoms with E-state index in [-0.39, 0.29) is 34.8 Å². The van der Waals surface area contributed by atoms with Crippen molar-refractivity contribution in [2.45, 2.75) is 51.0 Å². The van der Waals surface area contributed by atoms with Gasteiger partial charge in [0, 0.05) is 25.7 Å². The van der Waals surface area contributed by atoms with Crippen molar-refractivity contribution in [2.24, 2.45) is 5.73 Å². The van der Waals surface area contributed by atoms with Crippen molar-refractivity contribution >= 4 is 28.3 Å². The van der Waals surface area contributed by atoms with Crippen LogP contribution in [0.4, 0.5) is 0 Å². The van der Waals surface area contributed by atoms with Crippen LogP contribution in [-0.4, -0.2) is 51.4 Å². The highest BCUT2D eigenvalue weighted by Crippen LogP contribution is 2.25. The van der Waals surface area contributed by atoms with Crippen molar-refractivity contribution < 1.29 is 17.9 Å². The molecule has 0 aliphatic rings. The fourth-order valence-corrected chi connectivity index (χ4v) is 4.18. The van der Waals surface area contributed by atoms with Gasteiger partial charge >= 0.3 is 0 Å². The number of sulfonamides is 1. The lowest BCUT2D eigenvalue weighted by Gasteiger charge is -2.20. The molecule has 1 rings (SSSR count). The molecule has 0 radical (unpaired) electrons. The van der Waals surface area contributed by atoms with E-state index in [0.717, 1.165) is 19.3 Å². The van der Waals surface area contributed by atoms with Gasteiger partial charge in [-0.25, -0.2) is 8.42 Å². The molecule has 0 aliphatic heterocycles. The molecule has 0 saturated heterocycles. The summed E-state index contributed by atoms with van der Waals surface area (Å²) in [4.78, 5) is 12.8. The van der Waals surface area contributed by atoms with Crippen molar-refractivity contribution in [3.63, 3.8) is 0 Å². The number of unbranched alkanes of at least 4 members (excludes halogenated alkanes) is 1. The van der Waals surface area contributed by atoms with E-state index in [4.69, 9.17) is 10.5 Å². The molecule has 1 aromatic carbocycles. The molecule has 7 nitrogen and oxygen atoms in total. The van der Waals surface area contributed by atoms with Crippen LogP contribution in [0, 0.1) is 0 Å². The minimum Gasteiger partial charge on any atom is -0.496 e. The van der Waals surface area contributed by atoms with Gasteiger partial charge in [-0.15, -0.1) is 12.4 Å². The summed E-state index contributed by atoms with van der Waals surface area (Å²) in [6.07, 6.45) is 2.74. The zero-order valence-electron chi connectivity index (χ0n) is 16.5. The predicted octanol–water partition coefficient (Wildman–Crippen LogP) is 2.39. The number of methoxy groups -OCH3 is 1. The molecule has 1 atom stereocenters. The summed E-state index contributed by atoms with van der Waals surface area (Å²) in [6.45, 7) is 6.66.